The van der Waals surface area contributed by atoms with Crippen molar-refractivity contribution in [2.45, 2.75) is 6.92 Å². The van der Waals surface area contributed by atoms with E-state index in [2.05, 4.69) is 27.4 Å². The maximum absolute atomic E-state index is 8.92. The second kappa shape index (κ2) is 4.67. The van der Waals surface area contributed by atoms with E-state index in [-0.39, 0.29) is 0 Å². The molecule has 5 heteroatoms. The predicted molar refractivity (Wildman–Crippen MR) is 76.6 cm³/mol. The van der Waals surface area contributed by atoms with Crippen LogP contribution in [0.5, 0.6) is 0 Å². The van der Waals surface area contributed by atoms with E-state index in [1.807, 2.05) is 23.6 Å². The molecule has 0 aliphatic heterocycles. The largest absolute Gasteiger partial charge is 0.339 e. The molecule has 19 heavy (non-hydrogen) atoms. The van der Waals surface area contributed by atoms with E-state index >= 15 is 0 Å². The number of nitrogens with one attached hydrogen (secondary N) is 1. The topological polar surface area (TPSA) is 61.6 Å². The van der Waals surface area contributed by atoms with E-state index in [1.54, 1.807) is 24.3 Å². The van der Waals surface area contributed by atoms with Crippen molar-refractivity contribution in [3.8, 4) is 6.07 Å². The number of hydrogen-bond donors (Lipinski definition) is 1. The highest BCUT2D eigenvalue weighted by molar-refractivity contribution is 7.17. The predicted octanol–water partition coefficient (Wildman–Crippen LogP) is 3.62. The van der Waals surface area contributed by atoms with Crippen LogP contribution in [-0.4, -0.2) is 9.97 Å². The average Bonchev–Trinajstić information content (AvgIpc) is 2.82. The third-order valence-electron chi connectivity index (χ3n) is 2.70. The van der Waals surface area contributed by atoms with Crippen molar-refractivity contribution in [1.82, 2.24) is 9.97 Å². The monoisotopic (exact) mass is 266 g/mol. The third kappa shape index (κ3) is 2.26. The Morgan fingerprint density at radius 3 is 2.95 bits per heavy atom. The Morgan fingerprint density at radius 2 is 2.11 bits per heavy atom. The van der Waals surface area contributed by atoms with Crippen LogP contribution in [0.2, 0.25) is 0 Å². The van der Waals surface area contributed by atoms with E-state index in [4.69, 9.17) is 5.26 Å². The first kappa shape index (κ1) is 11.6. The van der Waals surface area contributed by atoms with Crippen LogP contribution in [0.4, 0.5) is 11.5 Å². The molecule has 0 radical (unpaired) electrons. The molecule has 0 aliphatic rings. The highest BCUT2D eigenvalue weighted by Gasteiger charge is 2.06. The molecular formula is C14H10N4S. The van der Waals surface area contributed by atoms with Crippen molar-refractivity contribution in [2.24, 2.45) is 0 Å². The highest BCUT2D eigenvalue weighted by Crippen LogP contribution is 2.31. The Labute approximate surface area is 114 Å². The molecule has 2 heterocycles. The van der Waals surface area contributed by atoms with Crippen molar-refractivity contribution in [1.29, 1.82) is 5.26 Å². The van der Waals surface area contributed by atoms with Gasteiger partial charge in [0.15, 0.2) is 0 Å². The fourth-order valence-corrected chi connectivity index (χ4v) is 2.79. The lowest BCUT2D eigenvalue weighted by Crippen LogP contribution is -1.98. The van der Waals surface area contributed by atoms with Crippen molar-refractivity contribution in [3.05, 3.63) is 47.2 Å². The van der Waals surface area contributed by atoms with Gasteiger partial charge in [0.25, 0.3) is 0 Å². The van der Waals surface area contributed by atoms with Crippen molar-refractivity contribution in [2.75, 3.05) is 5.32 Å². The van der Waals surface area contributed by atoms with Gasteiger partial charge in [0.1, 0.15) is 23.4 Å². The SMILES string of the molecule is Cc1nc(C#N)cc(Nc2csc3ccccc23)n1. The molecule has 3 rings (SSSR count). The maximum atomic E-state index is 8.92. The second-order valence-electron chi connectivity index (χ2n) is 4.07. The van der Waals surface area contributed by atoms with Gasteiger partial charge in [-0.15, -0.1) is 11.3 Å². The summed E-state index contributed by atoms with van der Waals surface area (Å²) in [6, 6.07) is 11.9. The smallest absolute Gasteiger partial charge is 0.146 e. The summed E-state index contributed by atoms with van der Waals surface area (Å²) in [5.74, 6) is 1.23. The van der Waals surface area contributed by atoms with Gasteiger partial charge in [-0.3, -0.25) is 0 Å². The quantitative estimate of drug-likeness (QED) is 0.769. The molecule has 0 saturated heterocycles. The first-order valence-electron chi connectivity index (χ1n) is 5.75. The second-order valence-corrected chi connectivity index (χ2v) is 4.98. The normalized spacial score (nSPS) is 10.3. The van der Waals surface area contributed by atoms with Crippen molar-refractivity contribution in [3.63, 3.8) is 0 Å². The minimum Gasteiger partial charge on any atom is -0.339 e. The van der Waals surface area contributed by atoms with Gasteiger partial charge in [0, 0.05) is 21.5 Å². The minimum absolute atomic E-state index is 0.370. The Hall–Kier alpha value is -2.45. The van der Waals surface area contributed by atoms with Gasteiger partial charge in [0.05, 0.1) is 5.69 Å². The van der Waals surface area contributed by atoms with Gasteiger partial charge in [-0.05, 0) is 13.0 Å². The van der Waals surface area contributed by atoms with Gasteiger partial charge in [0.2, 0.25) is 0 Å². The highest BCUT2D eigenvalue weighted by atomic mass is 32.1. The molecule has 0 saturated carbocycles. The molecule has 0 bridgehead atoms. The average molecular weight is 266 g/mol. The molecule has 0 fully saturated rings. The number of nitriles is 1. The summed E-state index contributed by atoms with van der Waals surface area (Å²) < 4.78 is 1.22. The number of aromatic nitrogens is 2. The Bertz CT molecular complexity index is 785. The summed E-state index contributed by atoms with van der Waals surface area (Å²) in [4.78, 5) is 8.33. The van der Waals surface area contributed by atoms with Gasteiger partial charge in [-0.2, -0.15) is 5.26 Å². The van der Waals surface area contributed by atoms with Crippen LogP contribution in [0, 0.1) is 18.3 Å². The van der Waals surface area contributed by atoms with Crippen LogP contribution in [0.15, 0.2) is 35.7 Å². The van der Waals surface area contributed by atoms with E-state index < -0.39 is 0 Å². The molecule has 0 amide bonds. The number of aryl methyl sites for hydroxylation is 1. The number of nitrogens with zero attached hydrogens (tertiary/aromatic N) is 3. The molecule has 1 aromatic carbocycles. The molecule has 92 valence electrons. The van der Waals surface area contributed by atoms with Crippen LogP contribution in [0.3, 0.4) is 0 Å². The Kier molecular flexibility index (Phi) is 2.86. The van der Waals surface area contributed by atoms with E-state index in [0.717, 1.165) is 11.1 Å². The molecular weight excluding hydrogens is 256 g/mol. The van der Waals surface area contributed by atoms with Gasteiger partial charge in [-0.25, -0.2) is 9.97 Å². The first-order chi connectivity index (χ1) is 9.26. The van der Waals surface area contributed by atoms with Crippen LogP contribution < -0.4 is 5.32 Å². The molecule has 1 N–H and O–H groups in total. The number of thiophene rings is 1. The molecule has 0 unspecified atom stereocenters. The summed E-state index contributed by atoms with van der Waals surface area (Å²) in [5.41, 5.74) is 1.37. The Morgan fingerprint density at radius 1 is 1.26 bits per heavy atom. The van der Waals surface area contributed by atoms with E-state index in [1.165, 1.54) is 4.70 Å². The lowest BCUT2D eigenvalue weighted by Gasteiger charge is -2.05. The first-order valence-corrected chi connectivity index (χ1v) is 6.63. The number of fused-ring (bicyclic) bond motifs is 1. The lowest BCUT2D eigenvalue weighted by atomic mass is 10.2. The molecule has 0 aliphatic carbocycles. The van der Waals surface area contributed by atoms with Gasteiger partial charge >= 0.3 is 0 Å². The molecule has 2 aromatic heterocycles. The number of anilines is 2. The number of benzene rings is 1. The zero-order valence-corrected chi connectivity index (χ0v) is 11.0. The summed E-state index contributed by atoms with van der Waals surface area (Å²) in [6.45, 7) is 1.78. The van der Waals surface area contributed by atoms with E-state index in [0.29, 0.717) is 17.3 Å². The molecule has 3 aromatic rings. The summed E-state index contributed by atoms with van der Waals surface area (Å²) >= 11 is 1.68. The maximum Gasteiger partial charge on any atom is 0.146 e. The molecule has 0 atom stereocenters. The number of hydrogen-bond acceptors (Lipinski definition) is 5. The van der Waals surface area contributed by atoms with Crippen LogP contribution in [0.1, 0.15) is 11.5 Å². The van der Waals surface area contributed by atoms with Crippen LogP contribution in [0.25, 0.3) is 10.1 Å². The standard InChI is InChI=1S/C14H10N4S/c1-9-16-10(7-15)6-14(17-9)18-12-8-19-13-5-3-2-4-11(12)13/h2-6,8H,1H3,(H,16,17,18). The zero-order chi connectivity index (χ0) is 13.2. The molecule has 0 spiro atoms. The lowest BCUT2D eigenvalue weighted by molar-refractivity contribution is 1.04. The van der Waals surface area contributed by atoms with Gasteiger partial charge in [-0.1, -0.05) is 18.2 Å². The van der Waals surface area contributed by atoms with Crippen molar-refractivity contribution < 1.29 is 0 Å². The van der Waals surface area contributed by atoms with Gasteiger partial charge < -0.3 is 5.32 Å². The third-order valence-corrected chi connectivity index (χ3v) is 3.66. The zero-order valence-electron chi connectivity index (χ0n) is 10.2. The fraction of sp³-hybridized carbons (Fsp3) is 0.0714. The fourth-order valence-electron chi connectivity index (χ4n) is 1.90. The Balaban J connectivity index is 2.02. The van der Waals surface area contributed by atoms with E-state index in [9.17, 15) is 0 Å². The minimum atomic E-state index is 0.370. The summed E-state index contributed by atoms with van der Waals surface area (Å²) in [5, 5.41) is 15.4. The van der Waals surface area contributed by atoms with Crippen LogP contribution in [-0.2, 0) is 0 Å². The van der Waals surface area contributed by atoms with Crippen molar-refractivity contribution >= 4 is 32.9 Å². The number of rotatable bonds is 2. The molecule has 4 nitrogen and oxygen atoms in total. The van der Waals surface area contributed by atoms with Crippen LogP contribution >= 0.6 is 11.3 Å². The summed E-state index contributed by atoms with van der Waals surface area (Å²) in [7, 11) is 0. The summed E-state index contributed by atoms with van der Waals surface area (Å²) in [6.07, 6.45) is 0.